The van der Waals surface area contributed by atoms with Crippen molar-refractivity contribution >= 4 is 5.69 Å². The van der Waals surface area contributed by atoms with Gasteiger partial charge in [-0.15, -0.1) is 0 Å². The molecule has 1 aromatic heterocycles. The van der Waals surface area contributed by atoms with Crippen molar-refractivity contribution in [3.63, 3.8) is 0 Å². The molecule has 5 nitrogen and oxygen atoms in total. The van der Waals surface area contributed by atoms with Crippen LogP contribution in [-0.2, 0) is 10.3 Å². The highest BCUT2D eigenvalue weighted by Gasteiger charge is 2.40. The Morgan fingerprint density at radius 2 is 2.05 bits per heavy atom. The quantitative estimate of drug-likeness (QED) is 0.870. The molecule has 1 heterocycles. The molecule has 2 N–H and O–H groups in total. The van der Waals surface area contributed by atoms with Gasteiger partial charge in [-0.05, 0) is 56.4 Å². The van der Waals surface area contributed by atoms with E-state index in [9.17, 15) is 0 Å². The van der Waals surface area contributed by atoms with Gasteiger partial charge in [0, 0.05) is 18.4 Å². The minimum Gasteiger partial charge on any atom is -0.399 e. The third kappa shape index (κ3) is 2.08. The number of rotatable bonds is 3. The summed E-state index contributed by atoms with van der Waals surface area (Å²) in [5.41, 5.74) is 8.07. The molecule has 0 unspecified atom stereocenters. The molecule has 1 aliphatic rings. The van der Waals surface area contributed by atoms with Gasteiger partial charge in [-0.25, -0.2) is 0 Å². The molecule has 1 fully saturated rings. The monoisotopic (exact) mass is 273 g/mol. The van der Waals surface area contributed by atoms with Crippen LogP contribution in [0, 0.1) is 6.92 Å². The number of methoxy groups -OCH3 is 1. The summed E-state index contributed by atoms with van der Waals surface area (Å²) in [5.74, 6) is 1.18. The number of benzene rings is 1. The largest absolute Gasteiger partial charge is 0.399 e. The van der Waals surface area contributed by atoms with Crippen molar-refractivity contribution < 1.29 is 9.26 Å². The Balaban J connectivity index is 1.97. The zero-order valence-electron chi connectivity index (χ0n) is 11.8. The third-order valence-corrected chi connectivity index (χ3v) is 4.12. The van der Waals surface area contributed by atoms with E-state index in [0.717, 1.165) is 42.5 Å². The smallest absolute Gasteiger partial charge is 0.258 e. The first-order chi connectivity index (χ1) is 9.64. The van der Waals surface area contributed by atoms with Crippen molar-refractivity contribution in [2.45, 2.75) is 38.2 Å². The number of hydrogen-bond donors (Lipinski definition) is 1. The molecule has 1 saturated carbocycles. The Morgan fingerprint density at radius 1 is 1.30 bits per heavy atom. The van der Waals surface area contributed by atoms with Crippen molar-refractivity contribution in [2.24, 2.45) is 0 Å². The second-order valence-electron chi connectivity index (χ2n) is 5.40. The average Bonchev–Trinajstić information content (AvgIpc) is 3.08. The van der Waals surface area contributed by atoms with Crippen molar-refractivity contribution in [3.8, 4) is 11.5 Å². The van der Waals surface area contributed by atoms with Crippen molar-refractivity contribution in [1.82, 2.24) is 10.1 Å². The number of aromatic nitrogens is 2. The molecule has 0 atom stereocenters. The molecule has 1 aromatic carbocycles. The van der Waals surface area contributed by atoms with Crippen molar-refractivity contribution in [3.05, 3.63) is 29.6 Å². The molecular weight excluding hydrogens is 254 g/mol. The molecule has 0 aliphatic heterocycles. The zero-order valence-corrected chi connectivity index (χ0v) is 11.8. The van der Waals surface area contributed by atoms with E-state index in [1.165, 1.54) is 0 Å². The van der Waals surface area contributed by atoms with E-state index in [1.54, 1.807) is 7.11 Å². The fourth-order valence-electron chi connectivity index (χ4n) is 2.91. The number of anilines is 1. The Morgan fingerprint density at radius 3 is 2.70 bits per heavy atom. The maximum absolute atomic E-state index is 5.77. The second kappa shape index (κ2) is 4.90. The molecule has 0 saturated heterocycles. The predicted octanol–water partition coefficient (Wildman–Crippen LogP) is 3.04. The fraction of sp³-hybridized carbons (Fsp3) is 0.467. The van der Waals surface area contributed by atoms with Crippen LogP contribution in [0.3, 0.4) is 0 Å². The summed E-state index contributed by atoms with van der Waals surface area (Å²) in [4.78, 5) is 4.55. The standard InChI is InChI=1S/C15H19N3O2/c1-10-9-11(16)5-6-12(10)13-17-14(18-20-13)15(19-2)7-3-4-8-15/h5-6,9H,3-4,7-8,16H2,1-2H3. The highest BCUT2D eigenvalue weighted by atomic mass is 16.5. The van der Waals surface area contributed by atoms with E-state index in [-0.39, 0.29) is 5.60 Å². The fourth-order valence-corrected chi connectivity index (χ4v) is 2.91. The van der Waals surface area contributed by atoms with Gasteiger partial charge >= 0.3 is 0 Å². The van der Waals surface area contributed by atoms with E-state index < -0.39 is 0 Å². The van der Waals surface area contributed by atoms with Gasteiger partial charge in [0.2, 0.25) is 5.82 Å². The van der Waals surface area contributed by atoms with E-state index in [0.29, 0.717) is 11.7 Å². The molecule has 3 rings (SSSR count). The lowest BCUT2D eigenvalue weighted by atomic mass is 10.0. The highest BCUT2D eigenvalue weighted by molar-refractivity contribution is 5.62. The SMILES string of the molecule is COC1(c2noc(-c3ccc(N)cc3C)n2)CCCC1. The normalized spacial score (nSPS) is 17.5. The van der Waals surface area contributed by atoms with Crippen LogP contribution >= 0.6 is 0 Å². The van der Waals surface area contributed by atoms with Gasteiger partial charge in [0.25, 0.3) is 5.89 Å². The molecule has 0 spiro atoms. The lowest BCUT2D eigenvalue weighted by Gasteiger charge is -2.22. The lowest BCUT2D eigenvalue weighted by molar-refractivity contribution is -0.0178. The van der Waals surface area contributed by atoms with Gasteiger partial charge in [0.05, 0.1) is 0 Å². The van der Waals surface area contributed by atoms with Crippen LogP contribution in [0.2, 0.25) is 0 Å². The second-order valence-corrected chi connectivity index (χ2v) is 5.40. The van der Waals surface area contributed by atoms with Gasteiger partial charge < -0.3 is 15.0 Å². The van der Waals surface area contributed by atoms with E-state index in [2.05, 4.69) is 10.1 Å². The molecule has 2 aromatic rings. The Labute approximate surface area is 118 Å². The number of nitrogens with zero attached hydrogens (tertiary/aromatic N) is 2. The average molecular weight is 273 g/mol. The van der Waals surface area contributed by atoms with Gasteiger partial charge in [-0.3, -0.25) is 0 Å². The molecule has 0 radical (unpaired) electrons. The first kappa shape index (κ1) is 13.1. The number of aryl methyl sites for hydroxylation is 1. The number of ether oxygens (including phenoxy) is 1. The molecule has 20 heavy (non-hydrogen) atoms. The summed E-state index contributed by atoms with van der Waals surface area (Å²) in [6.45, 7) is 1.98. The van der Waals surface area contributed by atoms with Gasteiger partial charge in [-0.2, -0.15) is 4.98 Å². The van der Waals surface area contributed by atoms with Gasteiger partial charge in [-0.1, -0.05) is 5.16 Å². The minimum absolute atomic E-state index is 0.372. The maximum atomic E-state index is 5.77. The van der Waals surface area contributed by atoms with E-state index >= 15 is 0 Å². The maximum Gasteiger partial charge on any atom is 0.258 e. The highest BCUT2D eigenvalue weighted by Crippen LogP contribution is 2.40. The topological polar surface area (TPSA) is 74.2 Å². The van der Waals surface area contributed by atoms with Gasteiger partial charge in [0.1, 0.15) is 5.60 Å². The molecule has 0 amide bonds. The van der Waals surface area contributed by atoms with Crippen LogP contribution < -0.4 is 5.73 Å². The molecular formula is C15H19N3O2. The van der Waals surface area contributed by atoms with Crippen molar-refractivity contribution in [2.75, 3.05) is 12.8 Å². The summed E-state index contributed by atoms with van der Waals surface area (Å²) in [6, 6.07) is 5.66. The Hall–Kier alpha value is -1.88. The third-order valence-electron chi connectivity index (χ3n) is 4.12. The molecule has 1 aliphatic carbocycles. The van der Waals surface area contributed by atoms with Crippen LogP contribution in [0.15, 0.2) is 22.7 Å². The van der Waals surface area contributed by atoms with Crippen LogP contribution in [0.5, 0.6) is 0 Å². The number of hydrogen-bond acceptors (Lipinski definition) is 5. The van der Waals surface area contributed by atoms with Crippen LogP contribution in [-0.4, -0.2) is 17.3 Å². The number of nitrogens with two attached hydrogens (primary N) is 1. The summed E-state index contributed by atoms with van der Waals surface area (Å²) < 4.78 is 11.1. The lowest BCUT2D eigenvalue weighted by Crippen LogP contribution is -2.25. The van der Waals surface area contributed by atoms with E-state index in [4.69, 9.17) is 15.0 Å². The Kier molecular flexibility index (Phi) is 3.22. The van der Waals surface area contributed by atoms with Crippen LogP contribution in [0.1, 0.15) is 37.1 Å². The van der Waals surface area contributed by atoms with Gasteiger partial charge in [0.15, 0.2) is 0 Å². The van der Waals surface area contributed by atoms with Crippen LogP contribution in [0.25, 0.3) is 11.5 Å². The van der Waals surface area contributed by atoms with Crippen molar-refractivity contribution in [1.29, 1.82) is 0 Å². The van der Waals surface area contributed by atoms with E-state index in [1.807, 2.05) is 25.1 Å². The van der Waals surface area contributed by atoms with Crippen LogP contribution in [0.4, 0.5) is 5.69 Å². The molecule has 106 valence electrons. The summed E-state index contributed by atoms with van der Waals surface area (Å²) in [6.07, 6.45) is 4.17. The predicted molar refractivity (Wildman–Crippen MR) is 76.0 cm³/mol. The summed E-state index contributed by atoms with van der Waals surface area (Å²) in [5, 5.41) is 4.14. The first-order valence-electron chi connectivity index (χ1n) is 6.90. The minimum atomic E-state index is -0.372. The number of nitrogen functional groups attached to an aromatic ring is 1. The summed E-state index contributed by atoms with van der Waals surface area (Å²) >= 11 is 0. The summed E-state index contributed by atoms with van der Waals surface area (Å²) in [7, 11) is 1.72. The first-order valence-corrected chi connectivity index (χ1v) is 6.90. The molecule has 5 heteroatoms. The molecule has 0 bridgehead atoms. The zero-order chi connectivity index (χ0) is 14.2. The Bertz CT molecular complexity index is 615.